The van der Waals surface area contributed by atoms with Crippen LogP contribution < -0.4 is 0 Å². The zero-order valence-electron chi connectivity index (χ0n) is 12.2. The van der Waals surface area contributed by atoms with Crippen LogP contribution in [0.3, 0.4) is 0 Å². The van der Waals surface area contributed by atoms with Gasteiger partial charge in [0.1, 0.15) is 0 Å². The Hall–Kier alpha value is -1.17. The van der Waals surface area contributed by atoms with Crippen molar-refractivity contribution in [3.8, 4) is 0 Å². The van der Waals surface area contributed by atoms with Gasteiger partial charge in [0.05, 0.1) is 4.90 Å². The van der Waals surface area contributed by atoms with Gasteiger partial charge in [-0.05, 0) is 49.4 Å². The van der Waals surface area contributed by atoms with Crippen LogP contribution >= 0.6 is 11.3 Å². The van der Waals surface area contributed by atoms with Gasteiger partial charge in [-0.1, -0.05) is 17.7 Å². The van der Waals surface area contributed by atoms with Gasteiger partial charge in [0.25, 0.3) is 0 Å². The van der Waals surface area contributed by atoms with Gasteiger partial charge >= 0.3 is 0 Å². The molecule has 0 atom stereocenters. The van der Waals surface area contributed by atoms with Crippen molar-refractivity contribution in [3.63, 3.8) is 0 Å². The Balaban J connectivity index is 2.32. The lowest BCUT2D eigenvalue weighted by Gasteiger charge is -2.18. The van der Waals surface area contributed by atoms with E-state index in [0.29, 0.717) is 11.4 Å². The molecule has 0 unspecified atom stereocenters. The van der Waals surface area contributed by atoms with Crippen LogP contribution in [0.15, 0.2) is 34.5 Å². The summed E-state index contributed by atoms with van der Waals surface area (Å²) in [4.78, 5) is 1.47. The van der Waals surface area contributed by atoms with E-state index in [2.05, 4.69) is 0 Å². The molecule has 3 nitrogen and oxygen atoms in total. The first-order valence-electron chi connectivity index (χ1n) is 6.39. The molecule has 2 rings (SSSR count). The molecule has 0 saturated carbocycles. The highest BCUT2D eigenvalue weighted by molar-refractivity contribution is 7.89. The molecule has 1 aromatic heterocycles. The third-order valence-corrected chi connectivity index (χ3v) is 6.32. The van der Waals surface area contributed by atoms with Crippen LogP contribution in [0, 0.1) is 20.8 Å². The standard InChI is InChI=1S/C15H19NO2S2/c1-11-5-6-15(13(3)9-11)20(17,18)16(4)10-14-12(2)7-8-19-14/h5-9H,10H2,1-4H3. The van der Waals surface area contributed by atoms with Gasteiger partial charge in [0, 0.05) is 18.5 Å². The van der Waals surface area contributed by atoms with Crippen molar-refractivity contribution in [2.24, 2.45) is 0 Å². The molecule has 1 heterocycles. The van der Waals surface area contributed by atoms with Gasteiger partial charge in [-0.3, -0.25) is 0 Å². The highest BCUT2D eigenvalue weighted by Crippen LogP contribution is 2.24. The quantitative estimate of drug-likeness (QED) is 0.867. The number of benzene rings is 1. The average Bonchev–Trinajstić information content (AvgIpc) is 2.74. The van der Waals surface area contributed by atoms with Crippen molar-refractivity contribution in [1.29, 1.82) is 0 Å². The molecular formula is C15H19NO2S2. The van der Waals surface area contributed by atoms with E-state index >= 15 is 0 Å². The predicted octanol–water partition coefficient (Wildman–Crippen LogP) is 3.49. The van der Waals surface area contributed by atoms with E-state index in [9.17, 15) is 8.42 Å². The molecule has 0 radical (unpaired) electrons. The van der Waals surface area contributed by atoms with Gasteiger partial charge < -0.3 is 0 Å². The minimum absolute atomic E-state index is 0.389. The fourth-order valence-corrected chi connectivity index (χ4v) is 4.49. The van der Waals surface area contributed by atoms with Crippen molar-refractivity contribution >= 4 is 21.4 Å². The fraction of sp³-hybridized carbons (Fsp3) is 0.333. The first-order valence-corrected chi connectivity index (χ1v) is 8.71. The molecular weight excluding hydrogens is 290 g/mol. The second kappa shape index (κ2) is 5.68. The van der Waals surface area contributed by atoms with E-state index < -0.39 is 10.0 Å². The molecule has 0 fully saturated rings. The van der Waals surface area contributed by atoms with Gasteiger partial charge in [-0.2, -0.15) is 4.31 Å². The summed E-state index contributed by atoms with van der Waals surface area (Å²) in [6.07, 6.45) is 0. The lowest BCUT2D eigenvalue weighted by atomic mass is 10.2. The second-order valence-corrected chi connectivity index (χ2v) is 8.07. The first-order chi connectivity index (χ1) is 9.32. The van der Waals surface area contributed by atoms with Crippen LogP contribution in [0.25, 0.3) is 0 Å². The molecule has 0 aliphatic carbocycles. The maximum Gasteiger partial charge on any atom is 0.243 e. The van der Waals surface area contributed by atoms with E-state index in [1.165, 1.54) is 4.31 Å². The summed E-state index contributed by atoms with van der Waals surface area (Å²) in [6, 6.07) is 7.44. The smallest absolute Gasteiger partial charge is 0.207 e. The number of hydrogen-bond acceptors (Lipinski definition) is 3. The van der Waals surface area contributed by atoms with Crippen molar-refractivity contribution in [2.45, 2.75) is 32.2 Å². The first kappa shape index (κ1) is 15.2. The summed E-state index contributed by atoms with van der Waals surface area (Å²) in [7, 11) is -1.81. The number of rotatable bonds is 4. The Labute approximate surface area is 124 Å². The normalized spacial score (nSPS) is 12.1. The lowest BCUT2D eigenvalue weighted by molar-refractivity contribution is 0.468. The summed E-state index contributed by atoms with van der Waals surface area (Å²) in [6.45, 7) is 6.22. The molecule has 0 aliphatic heterocycles. The summed E-state index contributed by atoms with van der Waals surface area (Å²) < 4.78 is 26.7. The van der Waals surface area contributed by atoms with Crippen LogP contribution in [0.5, 0.6) is 0 Å². The van der Waals surface area contributed by atoms with Crippen molar-refractivity contribution in [2.75, 3.05) is 7.05 Å². The molecule has 108 valence electrons. The van der Waals surface area contributed by atoms with Crippen molar-refractivity contribution < 1.29 is 8.42 Å². The predicted molar refractivity (Wildman–Crippen MR) is 83.6 cm³/mol. The van der Waals surface area contributed by atoms with Gasteiger partial charge in [0.15, 0.2) is 0 Å². The molecule has 20 heavy (non-hydrogen) atoms. The zero-order chi connectivity index (χ0) is 14.9. The average molecular weight is 309 g/mol. The third kappa shape index (κ3) is 2.95. The lowest BCUT2D eigenvalue weighted by Crippen LogP contribution is -2.27. The molecule has 0 bridgehead atoms. The zero-order valence-corrected chi connectivity index (χ0v) is 13.8. The van der Waals surface area contributed by atoms with Gasteiger partial charge in [0.2, 0.25) is 10.0 Å². The van der Waals surface area contributed by atoms with Crippen molar-refractivity contribution in [1.82, 2.24) is 4.31 Å². The van der Waals surface area contributed by atoms with Crippen LogP contribution in [-0.4, -0.2) is 19.8 Å². The minimum atomic E-state index is -3.44. The molecule has 2 aromatic rings. The highest BCUT2D eigenvalue weighted by atomic mass is 32.2. The maximum atomic E-state index is 12.6. The number of thiophene rings is 1. The Morgan fingerprint density at radius 3 is 2.35 bits per heavy atom. The van der Waals surface area contributed by atoms with Gasteiger partial charge in [-0.25, -0.2) is 8.42 Å². The molecule has 0 N–H and O–H groups in total. The van der Waals surface area contributed by atoms with E-state index in [1.54, 1.807) is 24.5 Å². The Morgan fingerprint density at radius 1 is 1.10 bits per heavy atom. The van der Waals surface area contributed by atoms with Crippen LogP contribution in [0.1, 0.15) is 21.6 Å². The number of nitrogens with zero attached hydrogens (tertiary/aromatic N) is 1. The molecule has 0 amide bonds. The van der Waals surface area contributed by atoms with Gasteiger partial charge in [-0.15, -0.1) is 11.3 Å². The topological polar surface area (TPSA) is 37.4 Å². The summed E-state index contributed by atoms with van der Waals surface area (Å²) in [5.74, 6) is 0. The SMILES string of the molecule is Cc1ccc(S(=O)(=O)N(C)Cc2sccc2C)c(C)c1. The Kier molecular flexibility index (Phi) is 4.32. The summed E-state index contributed by atoms with van der Waals surface area (Å²) in [5, 5.41) is 1.99. The fourth-order valence-electron chi connectivity index (χ4n) is 2.11. The minimum Gasteiger partial charge on any atom is -0.207 e. The molecule has 1 aromatic carbocycles. The van der Waals surface area contributed by atoms with Crippen molar-refractivity contribution in [3.05, 3.63) is 51.2 Å². The Bertz CT molecular complexity index is 717. The second-order valence-electron chi connectivity index (χ2n) is 5.06. The Morgan fingerprint density at radius 2 is 1.80 bits per heavy atom. The largest absolute Gasteiger partial charge is 0.243 e. The van der Waals surface area contributed by atoms with E-state index in [4.69, 9.17) is 0 Å². The summed E-state index contributed by atoms with van der Waals surface area (Å²) in [5.41, 5.74) is 3.00. The number of hydrogen-bond donors (Lipinski definition) is 0. The summed E-state index contributed by atoms with van der Waals surface area (Å²) >= 11 is 1.59. The monoisotopic (exact) mass is 309 g/mol. The van der Waals surface area contributed by atoms with E-state index in [0.717, 1.165) is 21.6 Å². The van der Waals surface area contributed by atoms with Crippen LogP contribution in [-0.2, 0) is 16.6 Å². The maximum absolute atomic E-state index is 12.6. The van der Waals surface area contributed by atoms with Crippen LogP contribution in [0.4, 0.5) is 0 Å². The highest BCUT2D eigenvalue weighted by Gasteiger charge is 2.23. The van der Waals surface area contributed by atoms with E-state index in [1.807, 2.05) is 44.4 Å². The molecule has 0 aliphatic rings. The molecule has 5 heteroatoms. The molecule has 0 saturated heterocycles. The number of sulfonamides is 1. The molecule has 0 spiro atoms. The van der Waals surface area contributed by atoms with E-state index in [-0.39, 0.29) is 0 Å². The van der Waals surface area contributed by atoms with Crippen LogP contribution in [0.2, 0.25) is 0 Å². The third-order valence-electron chi connectivity index (χ3n) is 3.35. The number of aryl methyl sites for hydroxylation is 3.